The minimum absolute atomic E-state index is 0.0636. The van der Waals surface area contributed by atoms with Crippen LogP contribution in [0.5, 0.6) is 11.5 Å². The van der Waals surface area contributed by atoms with E-state index in [4.69, 9.17) is 14.6 Å². The van der Waals surface area contributed by atoms with Gasteiger partial charge in [0.15, 0.2) is 0 Å². The molecule has 0 fully saturated rings. The highest BCUT2D eigenvalue weighted by Gasteiger charge is 2.16. The number of hydrogen-bond donors (Lipinski definition) is 1. The Morgan fingerprint density at radius 3 is 2.40 bits per heavy atom. The summed E-state index contributed by atoms with van der Waals surface area (Å²) in [6, 6.07) is 26.7. The number of anilines is 1. The molecule has 0 aliphatic rings. The Hall–Kier alpha value is -4.83. The normalized spacial score (nSPS) is 10.9. The van der Waals surface area contributed by atoms with E-state index in [1.165, 1.54) is 14.2 Å². The summed E-state index contributed by atoms with van der Waals surface area (Å²) in [6.07, 6.45) is 3.39. The molecule has 0 radical (unpaired) electrons. The Morgan fingerprint density at radius 1 is 1.03 bits per heavy atom. The highest BCUT2D eigenvalue weighted by atomic mass is 16.5. The molecule has 0 saturated heterocycles. The van der Waals surface area contributed by atoms with E-state index in [2.05, 4.69) is 5.32 Å². The van der Waals surface area contributed by atoms with Gasteiger partial charge in [-0.15, -0.1) is 0 Å². The third-order valence-corrected chi connectivity index (χ3v) is 5.34. The molecule has 3 aromatic carbocycles. The molecule has 0 saturated carbocycles. The molecule has 1 heterocycles. The number of carbonyl (C=O) groups is 1. The van der Waals surface area contributed by atoms with E-state index in [-0.39, 0.29) is 5.57 Å². The first-order chi connectivity index (χ1) is 17.1. The van der Waals surface area contributed by atoms with Gasteiger partial charge in [-0.25, -0.2) is 0 Å². The number of ether oxygens (including phenoxy) is 2. The van der Waals surface area contributed by atoms with E-state index in [0.717, 1.165) is 11.1 Å². The van der Waals surface area contributed by atoms with E-state index >= 15 is 0 Å². The maximum Gasteiger partial charge on any atom is 0.266 e. The molecule has 4 rings (SSSR count). The molecular formula is C28H24N4O3. The highest BCUT2D eigenvalue weighted by Crippen LogP contribution is 2.30. The third kappa shape index (κ3) is 5.57. The average Bonchev–Trinajstić information content (AvgIpc) is 3.30. The van der Waals surface area contributed by atoms with Crippen LogP contribution in [-0.2, 0) is 11.3 Å². The first kappa shape index (κ1) is 23.3. The molecule has 0 bridgehead atoms. The van der Waals surface area contributed by atoms with E-state index in [1.807, 2.05) is 77.6 Å². The standard InChI is InChI=1S/C28H24N4O3/c1-34-24-13-14-26(35-2)25(16-24)30-28(33)22(17-29)15-23-19-32(18-20-9-5-3-6-10-20)31-27(23)21-11-7-4-8-12-21/h3-16,19H,18H2,1-2H3,(H,30,33)/b22-15+. The Morgan fingerprint density at radius 2 is 1.74 bits per heavy atom. The van der Waals surface area contributed by atoms with Gasteiger partial charge in [0.2, 0.25) is 0 Å². The Kier molecular flexibility index (Phi) is 7.24. The summed E-state index contributed by atoms with van der Waals surface area (Å²) in [4.78, 5) is 13.0. The van der Waals surface area contributed by atoms with Gasteiger partial charge in [-0.1, -0.05) is 60.7 Å². The van der Waals surface area contributed by atoms with E-state index < -0.39 is 5.91 Å². The van der Waals surface area contributed by atoms with Crippen LogP contribution in [-0.4, -0.2) is 29.9 Å². The zero-order chi connectivity index (χ0) is 24.6. The van der Waals surface area contributed by atoms with Gasteiger partial charge < -0.3 is 14.8 Å². The summed E-state index contributed by atoms with van der Waals surface area (Å²) in [5.74, 6) is 0.447. The summed E-state index contributed by atoms with van der Waals surface area (Å²) in [6.45, 7) is 0.559. The van der Waals surface area contributed by atoms with Gasteiger partial charge in [0.05, 0.1) is 32.1 Å². The summed E-state index contributed by atoms with van der Waals surface area (Å²) < 4.78 is 12.4. The minimum atomic E-state index is -0.561. The second-order valence-corrected chi connectivity index (χ2v) is 7.67. The Bertz CT molecular complexity index is 1390. The number of aromatic nitrogens is 2. The van der Waals surface area contributed by atoms with Crippen molar-refractivity contribution >= 4 is 17.7 Å². The van der Waals surface area contributed by atoms with Gasteiger partial charge in [0.25, 0.3) is 5.91 Å². The third-order valence-electron chi connectivity index (χ3n) is 5.34. The summed E-state index contributed by atoms with van der Waals surface area (Å²) >= 11 is 0. The van der Waals surface area contributed by atoms with Crippen molar-refractivity contribution in [2.75, 3.05) is 19.5 Å². The topological polar surface area (TPSA) is 89.2 Å². The molecule has 1 amide bonds. The van der Waals surface area contributed by atoms with E-state index in [9.17, 15) is 10.1 Å². The van der Waals surface area contributed by atoms with Crippen molar-refractivity contribution in [2.24, 2.45) is 0 Å². The zero-order valence-electron chi connectivity index (χ0n) is 19.4. The number of hydrogen-bond acceptors (Lipinski definition) is 5. The lowest BCUT2D eigenvalue weighted by molar-refractivity contribution is -0.112. The first-order valence-corrected chi connectivity index (χ1v) is 10.9. The summed E-state index contributed by atoms with van der Waals surface area (Å²) in [5.41, 5.74) is 3.66. The van der Waals surface area contributed by atoms with Crippen LogP contribution < -0.4 is 14.8 Å². The van der Waals surface area contributed by atoms with Gasteiger partial charge in [-0.05, 0) is 23.8 Å². The zero-order valence-corrected chi connectivity index (χ0v) is 19.4. The molecule has 35 heavy (non-hydrogen) atoms. The fraction of sp³-hybridized carbons (Fsp3) is 0.107. The Balaban J connectivity index is 1.69. The number of nitrogens with one attached hydrogen (secondary N) is 1. The number of methoxy groups -OCH3 is 2. The van der Waals surface area contributed by atoms with Gasteiger partial charge >= 0.3 is 0 Å². The lowest BCUT2D eigenvalue weighted by Gasteiger charge is -2.11. The van der Waals surface area contributed by atoms with Crippen LogP contribution in [0.25, 0.3) is 17.3 Å². The molecule has 0 spiro atoms. The molecule has 174 valence electrons. The SMILES string of the molecule is COc1ccc(OC)c(NC(=O)/C(C#N)=C/c2cn(Cc3ccccc3)nc2-c2ccccc2)c1. The summed E-state index contributed by atoms with van der Waals surface area (Å²) in [5, 5.41) is 17.3. The average molecular weight is 465 g/mol. The second kappa shape index (κ2) is 10.9. The lowest BCUT2D eigenvalue weighted by atomic mass is 10.1. The van der Waals surface area contributed by atoms with E-state index in [0.29, 0.717) is 35.0 Å². The van der Waals surface area contributed by atoms with Crippen LogP contribution >= 0.6 is 0 Å². The fourth-order valence-electron chi connectivity index (χ4n) is 3.62. The molecule has 7 nitrogen and oxygen atoms in total. The largest absolute Gasteiger partial charge is 0.497 e. The molecule has 7 heteroatoms. The number of nitriles is 1. The number of benzene rings is 3. The molecule has 1 aromatic heterocycles. The lowest BCUT2D eigenvalue weighted by Crippen LogP contribution is -2.14. The van der Waals surface area contributed by atoms with E-state index in [1.54, 1.807) is 24.3 Å². The molecule has 1 N–H and O–H groups in total. The molecule has 0 unspecified atom stereocenters. The van der Waals surface area contributed by atoms with Crippen molar-refractivity contribution in [1.29, 1.82) is 5.26 Å². The van der Waals surface area contributed by atoms with Crippen LogP contribution in [0.4, 0.5) is 5.69 Å². The van der Waals surface area contributed by atoms with Crippen LogP contribution in [0.3, 0.4) is 0 Å². The minimum Gasteiger partial charge on any atom is -0.497 e. The number of carbonyl (C=O) groups excluding carboxylic acids is 1. The van der Waals surface area contributed by atoms with Crippen molar-refractivity contribution in [3.05, 3.63) is 102 Å². The fourth-order valence-corrected chi connectivity index (χ4v) is 3.62. The van der Waals surface area contributed by atoms with Gasteiger partial charge in [0, 0.05) is 23.4 Å². The predicted octanol–water partition coefficient (Wildman–Crippen LogP) is 5.16. The smallest absolute Gasteiger partial charge is 0.266 e. The molecule has 0 aliphatic carbocycles. The molecule has 4 aromatic rings. The number of amides is 1. The number of rotatable bonds is 8. The highest BCUT2D eigenvalue weighted by molar-refractivity contribution is 6.10. The second-order valence-electron chi connectivity index (χ2n) is 7.67. The maximum atomic E-state index is 13.0. The van der Waals surface area contributed by atoms with Crippen LogP contribution in [0.2, 0.25) is 0 Å². The van der Waals surface area contributed by atoms with Crippen molar-refractivity contribution in [3.8, 4) is 28.8 Å². The van der Waals surface area contributed by atoms with Gasteiger partial charge in [-0.3, -0.25) is 9.48 Å². The van der Waals surface area contributed by atoms with Crippen molar-refractivity contribution in [1.82, 2.24) is 9.78 Å². The van der Waals surface area contributed by atoms with Crippen molar-refractivity contribution in [2.45, 2.75) is 6.54 Å². The van der Waals surface area contributed by atoms with Gasteiger partial charge in [0.1, 0.15) is 23.1 Å². The predicted molar refractivity (Wildman–Crippen MR) is 135 cm³/mol. The molecule has 0 atom stereocenters. The quantitative estimate of drug-likeness (QED) is 0.287. The van der Waals surface area contributed by atoms with Crippen molar-refractivity contribution < 1.29 is 14.3 Å². The first-order valence-electron chi connectivity index (χ1n) is 10.9. The monoisotopic (exact) mass is 464 g/mol. The maximum absolute atomic E-state index is 13.0. The van der Waals surface area contributed by atoms with Crippen LogP contribution in [0.1, 0.15) is 11.1 Å². The Labute approximate surface area is 203 Å². The number of nitrogens with zero attached hydrogens (tertiary/aromatic N) is 3. The van der Waals surface area contributed by atoms with Gasteiger partial charge in [-0.2, -0.15) is 10.4 Å². The summed E-state index contributed by atoms with van der Waals surface area (Å²) in [7, 11) is 3.04. The molecule has 0 aliphatic heterocycles. The van der Waals surface area contributed by atoms with Crippen LogP contribution in [0.15, 0.2) is 90.6 Å². The van der Waals surface area contributed by atoms with Crippen LogP contribution in [0, 0.1) is 11.3 Å². The molecular weight excluding hydrogens is 440 g/mol. The van der Waals surface area contributed by atoms with Crippen molar-refractivity contribution in [3.63, 3.8) is 0 Å².